The van der Waals surface area contributed by atoms with E-state index >= 15 is 0 Å². The molecule has 2 atom stereocenters. The molecule has 0 heterocycles. The van der Waals surface area contributed by atoms with Gasteiger partial charge in [-0.25, -0.2) is 0 Å². The number of aliphatic carboxylic acids is 1. The number of alkyl halides is 1. The minimum absolute atomic E-state index is 0.453. The fourth-order valence-corrected chi connectivity index (χ4v) is 0.694. The third-order valence-corrected chi connectivity index (χ3v) is 1.35. The summed E-state index contributed by atoms with van der Waals surface area (Å²) in [5, 5.41) is 6.85. The van der Waals surface area contributed by atoms with Crippen molar-refractivity contribution in [2.75, 3.05) is 6.61 Å². The average molecular weight is 189 g/mol. The Labute approximate surface area is 62.5 Å². The third kappa shape index (κ3) is 4.76. The van der Waals surface area contributed by atoms with Crippen LogP contribution in [-0.4, -0.2) is 28.0 Å². The molecule has 0 saturated heterocycles. The molecule has 2 unspecified atom stereocenters. The van der Waals surface area contributed by atoms with Crippen molar-refractivity contribution >= 4 is 25.8 Å². The number of hydrogen-bond acceptors (Lipinski definition) is 3. The van der Waals surface area contributed by atoms with Gasteiger partial charge in [0, 0.05) is 0 Å². The van der Waals surface area contributed by atoms with Crippen LogP contribution in [0.1, 0.15) is 0 Å². The lowest BCUT2D eigenvalue weighted by Crippen LogP contribution is -2.17. The van der Waals surface area contributed by atoms with Crippen molar-refractivity contribution in [2.45, 2.75) is 5.38 Å². The molecule has 2 N–H and O–H groups in total. The third-order valence-electron chi connectivity index (χ3n) is 0.621. The Kier molecular flexibility index (Phi) is 4.64. The molecule has 0 spiro atoms. The molecule has 7 heteroatoms. The molecular weight excluding hydrogens is 182 g/mol. The standard InChI is InChI=1S/C3H6ClO5P/c4-2(3(5)6)1-9-10(7)8/h2,10H,1H2,(H,5,6)(H,7,8). The van der Waals surface area contributed by atoms with Crippen LogP contribution < -0.4 is 0 Å². The van der Waals surface area contributed by atoms with Crippen LogP contribution >= 0.6 is 19.9 Å². The number of hydrogen-bond donors (Lipinski definition) is 2. The summed E-state index contributed by atoms with van der Waals surface area (Å²) in [6, 6.07) is 0. The van der Waals surface area contributed by atoms with Crippen LogP contribution in [0.4, 0.5) is 0 Å². The van der Waals surface area contributed by atoms with Crippen molar-refractivity contribution in [3.05, 3.63) is 0 Å². The van der Waals surface area contributed by atoms with Crippen LogP contribution in [0.3, 0.4) is 0 Å². The van der Waals surface area contributed by atoms with Crippen molar-refractivity contribution < 1.29 is 23.9 Å². The summed E-state index contributed by atoms with van der Waals surface area (Å²) in [6.07, 6.45) is 0. The van der Waals surface area contributed by atoms with Crippen LogP contribution in [-0.2, 0) is 13.9 Å². The maximum absolute atomic E-state index is 9.93. The summed E-state index contributed by atoms with van der Waals surface area (Å²) in [7, 11) is -3.06. The minimum atomic E-state index is -3.06. The van der Waals surface area contributed by atoms with Gasteiger partial charge in [-0.15, -0.1) is 11.6 Å². The highest BCUT2D eigenvalue weighted by Gasteiger charge is 2.13. The quantitative estimate of drug-likeness (QED) is 0.482. The Balaban J connectivity index is 3.49. The molecule has 0 aromatic carbocycles. The summed E-state index contributed by atoms with van der Waals surface area (Å²) < 4.78 is 13.9. The van der Waals surface area contributed by atoms with Crippen LogP contribution in [0.2, 0.25) is 0 Å². The smallest absolute Gasteiger partial charge is 0.324 e. The zero-order valence-corrected chi connectivity index (χ0v) is 6.54. The van der Waals surface area contributed by atoms with Crippen molar-refractivity contribution in [1.29, 1.82) is 0 Å². The Morgan fingerprint density at radius 2 is 2.30 bits per heavy atom. The predicted octanol–water partition coefficient (Wildman–Crippen LogP) is 0.0770. The first-order valence-electron chi connectivity index (χ1n) is 2.26. The van der Waals surface area contributed by atoms with E-state index in [1.54, 1.807) is 0 Å². The Bertz CT molecular complexity index is 148. The molecule has 60 valence electrons. The Morgan fingerprint density at radius 1 is 1.80 bits per heavy atom. The lowest BCUT2D eigenvalue weighted by atomic mass is 10.5. The van der Waals surface area contributed by atoms with Crippen LogP contribution in [0, 0.1) is 0 Å². The molecule has 0 aliphatic rings. The van der Waals surface area contributed by atoms with E-state index in [1.165, 1.54) is 0 Å². The number of carboxylic acids is 1. The Hall–Kier alpha value is -0.0900. The van der Waals surface area contributed by atoms with Crippen molar-refractivity contribution in [1.82, 2.24) is 0 Å². The number of rotatable bonds is 4. The number of halogens is 1. The maximum Gasteiger partial charge on any atom is 0.324 e. The fraction of sp³-hybridized carbons (Fsp3) is 0.667. The molecule has 5 nitrogen and oxygen atoms in total. The van der Waals surface area contributed by atoms with E-state index < -0.39 is 26.2 Å². The van der Waals surface area contributed by atoms with Gasteiger partial charge in [-0.3, -0.25) is 9.36 Å². The second-order valence-corrected chi connectivity index (χ2v) is 2.73. The predicted molar refractivity (Wildman–Crippen MR) is 34.4 cm³/mol. The van der Waals surface area contributed by atoms with Gasteiger partial charge in [0.05, 0.1) is 6.61 Å². The van der Waals surface area contributed by atoms with Crippen LogP contribution in [0.5, 0.6) is 0 Å². The highest BCUT2D eigenvalue weighted by Crippen LogP contribution is 2.15. The monoisotopic (exact) mass is 188 g/mol. The van der Waals surface area contributed by atoms with Gasteiger partial charge in [0.15, 0.2) is 5.38 Å². The number of carboxylic acid groups (broad SMARTS) is 1. The first-order chi connectivity index (χ1) is 4.54. The van der Waals surface area contributed by atoms with E-state index in [9.17, 15) is 9.36 Å². The molecule has 0 saturated carbocycles. The van der Waals surface area contributed by atoms with Crippen LogP contribution in [0.25, 0.3) is 0 Å². The van der Waals surface area contributed by atoms with Gasteiger partial charge in [0.2, 0.25) is 0 Å². The van der Waals surface area contributed by atoms with Gasteiger partial charge in [-0.1, -0.05) is 0 Å². The topological polar surface area (TPSA) is 83.8 Å². The fourth-order valence-electron chi connectivity index (χ4n) is 0.216. The average Bonchev–Trinajstić information content (AvgIpc) is 1.82. The summed E-state index contributed by atoms with van der Waals surface area (Å²) in [5.74, 6) is -1.27. The molecule has 0 amide bonds. The zero-order chi connectivity index (χ0) is 8.15. The molecule has 0 aliphatic carbocycles. The van der Waals surface area contributed by atoms with E-state index in [0.717, 1.165) is 0 Å². The normalized spacial score (nSPS) is 16.2. The SMILES string of the molecule is O=C(O)C(Cl)CO[PH](=O)O. The Morgan fingerprint density at radius 3 is 2.60 bits per heavy atom. The molecule has 0 rings (SSSR count). The highest BCUT2D eigenvalue weighted by atomic mass is 35.5. The largest absolute Gasteiger partial charge is 0.480 e. The summed E-state index contributed by atoms with van der Waals surface area (Å²) in [5.41, 5.74) is 0. The molecule has 0 radical (unpaired) electrons. The maximum atomic E-state index is 9.93. The first-order valence-corrected chi connectivity index (χ1v) is 3.96. The van der Waals surface area contributed by atoms with Gasteiger partial charge < -0.3 is 14.5 Å². The molecule has 0 aromatic rings. The van der Waals surface area contributed by atoms with Crippen molar-refractivity contribution in [3.8, 4) is 0 Å². The van der Waals surface area contributed by atoms with E-state index in [4.69, 9.17) is 21.6 Å². The van der Waals surface area contributed by atoms with E-state index in [-0.39, 0.29) is 0 Å². The van der Waals surface area contributed by atoms with Gasteiger partial charge >= 0.3 is 14.2 Å². The lowest BCUT2D eigenvalue weighted by Gasteiger charge is -2.01. The van der Waals surface area contributed by atoms with Gasteiger partial charge in [-0.05, 0) is 0 Å². The molecule has 0 aromatic heterocycles. The van der Waals surface area contributed by atoms with Crippen molar-refractivity contribution in [2.24, 2.45) is 0 Å². The zero-order valence-electron chi connectivity index (χ0n) is 4.78. The second kappa shape index (κ2) is 4.68. The molecular formula is C3H6ClO5P. The van der Waals surface area contributed by atoms with E-state index in [0.29, 0.717) is 0 Å². The molecule has 10 heavy (non-hydrogen) atoms. The molecule has 0 bridgehead atoms. The summed E-state index contributed by atoms with van der Waals surface area (Å²) in [4.78, 5) is 18.0. The molecule has 0 fully saturated rings. The summed E-state index contributed by atoms with van der Waals surface area (Å²) in [6.45, 7) is -0.453. The van der Waals surface area contributed by atoms with E-state index in [1.807, 2.05) is 0 Å². The lowest BCUT2D eigenvalue weighted by molar-refractivity contribution is -0.137. The summed E-state index contributed by atoms with van der Waals surface area (Å²) >= 11 is 5.10. The van der Waals surface area contributed by atoms with E-state index in [2.05, 4.69) is 4.52 Å². The minimum Gasteiger partial charge on any atom is -0.480 e. The second-order valence-electron chi connectivity index (χ2n) is 1.38. The number of carbonyl (C=O) groups is 1. The van der Waals surface area contributed by atoms with Crippen LogP contribution in [0.15, 0.2) is 0 Å². The highest BCUT2D eigenvalue weighted by molar-refractivity contribution is 7.32. The molecule has 0 aliphatic heterocycles. The van der Waals surface area contributed by atoms with Gasteiger partial charge in [-0.2, -0.15) is 0 Å². The van der Waals surface area contributed by atoms with Gasteiger partial charge in [0.25, 0.3) is 0 Å². The van der Waals surface area contributed by atoms with Gasteiger partial charge in [0.1, 0.15) is 0 Å². The van der Waals surface area contributed by atoms with Crippen molar-refractivity contribution in [3.63, 3.8) is 0 Å². The first kappa shape index (κ1) is 9.91.